The average molecular weight is 231 g/mol. The van der Waals surface area contributed by atoms with Crippen molar-refractivity contribution in [2.45, 2.75) is 51.5 Å². The molecule has 0 saturated heterocycles. The van der Waals surface area contributed by atoms with Gasteiger partial charge in [0.25, 0.3) is 0 Å². The van der Waals surface area contributed by atoms with Crippen molar-refractivity contribution in [2.24, 2.45) is 17.6 Å². The van der Waals surface area contributed by atoms with Gasteiger partial charge in [0, 0.05) is 5.54 Å². The zero-order valence-corrected chi connectivity index (χ0v) is 11.2. The van der Waals surface area contributed by atoms with Crippen molar-refractivity contribution in [3.8, 4) is 0 Å². The minimum atomic E-state index is -0.158. The van der Waals surface area contributed by atoms with E-state index in [1.165, 1.54) is 37.7 Å². The molecule has 3 atom stereocenters. The number of rotatable bonds is 3. The zero-order valence-electron chi connectivity index (χ0n) is 11.2. The van der Waals surface area contributed by atoms with E-state index in [1.54, 1.807) is 0 Å². The van der Waals surface area contributed by atoms with Crippen LogP contribution in [0.25, 0.3) is 0 Å². The highest BCUT2D eigenvalue weighted by Gasteiger charge is 2.35. The highest BCUT2D eigenvalue weighted by atomic mass is 14.7. The summed E-state index contributed by atoms with van der Waals surface area (Å²) in [5.41, 5.74) is 7.77. The molecule has 1 saturated carbocycles. The van der Waals surface area contributed by atoms with Gasteiger partial charge in [-0.2, -0.15) is 0 Å². The Kier molecular flexibility index (Phi) is 3.88. The smallest absolute Gasteiger partial charge is 0.0409 e. The molecule has 0 heterocycles. The van der Waals surface area contributed by atoms with Crippen LogP contribution in [0.5, 0.6) is 0 Å². The monoisotopic (exact) mass is 231 g/mol. The highest BCUT2D eigenvalue weighted by molar-refractivity contribution is 5.24. The normalized spacial score (nSPS) is 28.6. The Morgan fingerprint density at radius 3 is 2.59 bits per heavy atom. The Bertz CT molecular complexity index is 342. The lowest BCUT2D eigenvalue weighted by Gasteiger charge is -2.40. The van der Waals surface area contributed by atoms with Gasteiger partial charge in [-0.1, -0.05) is 56.5 Å². The first-order chi connectivity index (χ1) is 8.14. The molecule has 0 aromatic heterocycles. The van der Waals surface area contributed by atoms with E-state index in [1.807, 2.05) is 0 Å². The zero-order chi connectivity index (χ0) is 12.3. The molecule has 0 bridgehead atoms. The summed E-state index contributed by atoms with van der Waals surface area (Å²) in [6.07, 6.45) is 6.65. The molecule has 1 heteroatoms. The van der Waals surface area contributed by atoms with Gasteiger partial charge in [-0.05, 0) is 37.2 Å². The predicted octanol–water partition coefficient (Wildman–Crippen LogP) is 4.08. The fourth-order valence-electron chi connectivity index (χ4n) is 3.24. The van der Waals surface area contributed by atoms with Crippen molar-refractivity contribution >= 4 is 0 Å². The van der Waals surface area contributed by atoms with E-state index in [0.29, 0.717) is 5.92 Å². The Morgan fingerprint density at radius 2 is 1.94 bits per heavy atom. The van der Waals surface area contributed by atoms with Crippen LogP contribution in [0, 0.1) is 11.8 Å². The van der Waals surface area contributed by atoms with Gasteiger partial charge in [-0.25, -0.2) is 0 Å². The summed E-state index contributed by atoms with van der Waals surface area (Å²) in [6.45, 7) is 4.52. The second kappa shape index (κ2) is 5.22. The fraction of sp³-hybridized carbons (Fsp3) is 0.625. The molecule has 17 heavy (non-hydrogen) atoms. The molecular formula is C16H25N. The van der Waals surface area contributed by atoms with E-state index in [-0.39, 0.29) is 5.54 Å². The van der Waals surface area contributed by atoms with Crippen LogP contribution in [0.4, 0.5) is 0 Å². The third kappa shape index (κ3) is 2.71. The van der Waals surface area contributed by atoms with Gasteiger partial charge in [0.1, 0.15) is 0 Å². The van der Waals surface area contributed by atoms with Crippen LogP contribution in [-0.2, 0) is 5.54 Å². The van der Waals surface area contributed by atoms with Crippen LogP contribution >= 0.6 is 0 Å². The summed E-state index contributed by atoms with van der Waals surface area (Å²) >= 11 is 0. The lowest BCUT2D eigenvalue weighted by molar-refractivity contribution is 0.173. The van der Waals surface area contributed by atoms with Crippen molar-refractivity contribution in [1.29, 1.82) is 0 Å². The predicted molar refractivity (Wildman–Crippen MR) is 73.7 cm³/mol. The van der Waals surface area contributed by atoms with Gasteiger partial charge in [-0.3, -0.25) is 0 Å². The van der Waals surface area contributed by atoms with Gasteiger partial charge in [0.2, 0.25) is 0 Å². The van der Waals surface area contributed by atoms with E-state index in [4.69, 9.17) is 5.73 Å². The Hall–Kier alpha value is -0.820. The topological polar surface area (TPSA) is 26.0 Å². The lowest BCUT2D eigenvalue weighted by Crippen LogP contribution is -2.43. The van der Waals surface area contributed by atoms with Crippen molar-refractivity contribution < 1.29 is 0 Å². The summed E-state index contributed by atoms with van der Waals surface area (Å²) in [7, 11) is 0. The second-order valence-corrected chi connectivity index (χ2v) is 5.79. The van der Waals surface area contributed by atoms with Crippen LogP contribution in [-0.4, -0.2) is 0 Å². The average Bonchev–Trinajstić information content (AvgIpc) is 2.40. The Labute approximate surface area is 105 Å². The molecule has 0 amide bonds. The summed E-state index contributed by atoms with van der Waals surface area (Å²) in [4.78, 5) is 0. The van der Waals surface area contributed by atoms with E-state index in [2.05, 4.69) is 44.2 Å². The largest absolute Gasteiger partial charge is 0.321 e. The summed E-state index contributed by atoms with van der Waals surface area (Å²) in [5, 5.41) is 0. The van der Waals surface area contributed by atoms with E-state index in [9.17, 15) is 0 Å². The van der Waals surface area contributed by atoms with Crippen LogP contribution in [0.2, 0.25) is 0 Å². The number of hydrogen-bond donors (Lipinski definition) is 1. The van der Waals surface area contributed by atoms with E-state index >= 15 is 0 Å². The maximum Gasteiger partial charge on any atom is 0.0409 e. The van der Waals surface area contributed by atoms with Crippen LogP contribution < -0.4 is 5.73 Å². The van der Waals surface area contributed by atoms with E-state index in [0.717, 1.165) is 5.92 Å². The van der Waals surface area contributed by atoms with Gasteiger partial charge >= 0.3 is 0 Å². The Morgan fingerprint density at radius 1 is 1.24 bits per heavy atom. The minimum Gasteiger partial charge on any atom is -0.321 e. The van der Waals surface area contributed by atoms with Crippen molar-refractivity contribution in [3.05, 3.63) is 35.9 Å². The molecule has 1 fully saturated rings. The summed E-state index contributed by atoms with van der Waals surface area (Å²) < 4.78 is 0. The van der Waals surface area contributed by atoms with Crippen LogP contribution in [0.3, 0.4) is 0 Å². The number of benzene rings is 1. The molecule has 1 aromatic carbocycles. The van der Waals surface area contributed by atoms with Crippen LogP contribution in [0.1, 0.15) is 51.5 Å². The highest BCUT2D eigenvalue weighted by Crippen LogP contribution is 2.40. The first-order valence-corrected chi connectivity index (χ1v) is 6.99. The quantitative estimate of drug-likeness (QED) is 0.833. The number of hydrogen-bond acceptors (Lipinski definition) is 1. The maximum absolute atomic E-state index is 6.63. The standard InChI is InChI=1S/C16H25N/c1-3-13-8-7-11-15(12-13)16(2,17)14-9-5-4-6-10-14/h4-6,9-10,13,15H,3,7-8,11-12,17H2,1-2H3. The second-order valence-electron chi connectivity index (χ2n) is 5.79. The van der Waals surface area contributed by atoms with Crippen molar-refractivity contribution in [2.75, 3.05) is 0 Å². The molecule has 0 spiro atoms. The third-order valence-corrected chi connectivity index (χ3v) is 4.60. The molecule has 1 aliphatic carbocycles. The summed E-state index contributed by atoms with van der Waals surface area (Å²) in [5.74, 6) is 1.53. The molecule has 3 unspecified atom stereocenters. The van der Waals surface area contributed by atoms with Gasteiger partial charge in [0.15, 0.2) is 0 Å². The van der Waals surface area contributed by atoms with Crippen LogP contribution in [0.15, 0.2) is 30.3 Å². The fourth-order valence-corrected chi connectivity index (χ4v) is 3.24. The Balaban J connectivity index is 2.15. The molecule has 1 nitrogen and oxygen atoms in total. The minimum absolute atomic E-state index is 0.158. The first-order valence-electron chi connectivity index (χ1n) is 6.99. The number of nitrogens with two attached hydrogens (primary N) is 1. The molecule has 2 N–H and O–H groups in total. The lowest BCUT2D eigenvalue weighted by atomic mass is 9.69. The van der Waals surface area contributed by atoms with Gasteiger partial charge in [0.05, 0.1) is 0 Å². The van der Waals surface area contributed by atoms with E-state index < -0.39 is 0 Å². The molecular weight excluding hydrogens is 206 g/mol. The maximum atomic E-state index is 6.63. The molecule has 1 aliphatic rings. The van der Waals surface area contributed by atoms with Crippen molar-refractivity contribution in [3.63, 3.8) is 0 Å². The third-order valence-electron chi connectivity index (χ3n) is 4.60. The molecule has 0 aliphatic heterocycles. The molecule has 94 valence electrons. The van der Waals surface area contributed by atoms with Gasteiger partial charge in [-0.15, -0.1) is 0 Å². The first kappa shape index (κ1) is 12.6. The molecule has 1 aromatic rings. The van der Waals surface area contributed by atoms with Crippen molar-refractivity contribution in [1.82, 2.24) is 0 Å². The summed E-state index contributed by atoms with van der Waals surface area (Å²) in [6, 6.07) is 10.6. The molecule has 0 radical (unpaired) electrons. The van der Waals surface area contributed by atoms with Gasteiger partial charge < -0.3 is 5.73 Å². The molecule has 2 rings (SSSR count). The SMILES string of the molecule is CCC1CCCC(C(C)(N)c2ccccc2)C1.